The number of nitrogens with zero attached hydrogens (tertiary/aromatic N) is 5. The Morgan fingerprint density at radius 2 is 0.699 bits per heavy atom. The second-order valence-corrected chi connectivity index (χ2v) is 40.5. The maximum Gasteiger partial charge on any atom is 0.407 e. The Morgan fingerprint density at radius 3 is 1.03 bits per heavy atom. The van der Waals surface area contributed by atoms with Crippen molar-refractivity contribution in [3.8, 4) is 34.5 Å². The van der Waals surface area contributed by atoms with Crippen LogP contribution in [0.25, 0.3) is 0 Å². The first-order chi connectivity index (χ1) is 64.8. The Kier molecular flexibility index (Phi) is 43.4. The van der Waals surface area contributed by atoms with Gasteiger partial charge in [0.15, 0.2) is 0 Å². The molecule has 6 aromatic rings. The Labute approximate surface area is 813 Å². The van der Waals surface area contributed by atoms with E-state index in [0.717, 1.165) is 179 Å². The van der Waals surface area contributed by atoms with Gasteiger partial charge in [-0.25, -0.2) is 24.0 Å². The Hall–Kier alpha value is -9.53. The Balaban J connectivity index is 0.000000202. The molecule has 0 unspecified atom stereocenters. The van der Waals surface area contributed by atoms with Gasteiger partial charge in [0.1, 0.15) is 51.3 Å². The Bertz CT molecular complexity index is 4690. The summed E-state index contributed by atoms with van der Waals surface area (Å²) >= 11 is 5.34. The number of nitrogens with one attached hydrogen (secondary N) is 5. The molecule has 30 heteroatoms. The van der Waals surface area contributed by atoms with E-state index in [9.17, 15) is 44.1 Å². The fourth-order valence-corrected chi connectivity index (χ4v) is 18.9. The number of hydrogen-bond acceptors (Lipinski definition) is 21. The topological polar surface area (TPSA) is 349 Å². The van der Waals surface area contributed by atoms with E-state index < -0.39 is 51.2 Å². The van der Waals surface area contributed by atoms with Gasteiger partial charge in [-0.05, 0) is 283 Å². The quantitative estimate of drug-likeness (QED) is 0.00875. The van der Waals surface area contributed by atoms with E-state index in [2.05, 4.69) is 26.6 Å². The number of nitrogens with two attached hydrogens (primary N) is 1. The summed E-state index contributed by atoms with van der Waals surface area (Å²) in [6.07, 6.45) is 14.3. The van der Waals surface area contributed by atoms with Crippen molar-refractivity contribution in [2.75, 3.05) is 133 Å². The molecule has 0 aromatic heterocycles. The van der Waals surface area contributed by atoms with Crippen LogP contribution in [-0.4, -0.2) is 249 Å². The maximum atomic E-state index is 13.7. The SMILES string of the molecule is CC(C)(C)OC(=O)N[C@H]1CCN(C(=O)Cl)C1.CC(C)(C)OC(=O)N[C@H]1CCNC1.COCCCC[C@@](O)(c1ccccc1Oc1ccccc1C)[C@@H]1CCCN(C(=O)N2CC[C@H](N)C2)C1.COCCCC[C@@](O)(c1ccccc1Oc1ccccc1C)[C@@H]1CCCN(C(=O)N2CC[C@H](NC(=O)OC(C)(C)C)C2)C1.COCCCC[C@@](O)(c1ccccc1Oc1ccccc1C)[C@@H]1CCCNC1. The summed E-state index contributed by atoms with van der Waals surface area (Å²) in [4.78, 5) is 81.7. The van der Waals surface area contributed by atoms with Crippen LogP contribution in [0, 0.1) is 38.5 Å². The molecule has 6 aromatic carbocycles. The summed E-state index contributed by atoms with van der Waals surface area (Å²) in [7, 11) is 5.11. The fraction of sp³-hybridized carbons (Fsp3) is 0.604. The third kappa shape index (κ3) is 34.5. The van der Waals surface area contributed by atoms with E-state index in [1.807, 2.05) is 223 Å². The summed E-state index contributed by atoms with van der Waals surface area (Å²) in [5, 5.41) is 51.6. The highest BCUT2D eigenvalue weighted by Gasteiger charge is 2.47. The molecule has 29 nitrogen and oxygen atoms in total. The van der Waals surface area contributed by atoms with Crippen LogP contribution in [0.3, 0.4) is 0 Å². The zero-order valence-corrected chi connectivity index (χ0v) is 84.3. The molecule has 8 amide bonds. The van der Waals surface area contributed by atoms with Crippen molar-refractivity contribution in [1.82, 2.24) is 51.1 Å². The third-order valence-electron chi connectivity index (χ3n) is 25.8. The largest absolute Gasteiger partial charge is 0.457 e. The monoisotopic (exact) mass is 1910 g/mol. The van der Waals surface area contributed by atoms with Crippen molar-refractivity contribution in [3.05, 3.63) is 179 Å². The van der Waals surface area contributed by atoms with Gasteiger partial charge in [0, 0.05) is 166 Å². The maximum absolute atomic E-state index is 13.7. The summed E-state index contributed by atoms with van der Waals surface area (Å²) in [6.45, 7) is 33.9. The number of benzene rings is 6. The highest BCUT2D eigenvalue weighted by atomic mass is 35.5. The van der Waals surface area contributed by atoms with E-state index in [4.69, 9.17) is 60.0 Å². The zero-order chi connectivity index (χ0) is 98.6. The van der Waals surface area contributed by atoms with Gasteiger partial charge in [0.2, 0.25) is 0 Å². The van der Waals surface area contributed by atoms with Gasteiger partial charge in [0.25, 0.3) is 0 Å². The first-order valence-corrected chi connectivity index (χ1v) is 49.5. The van der Waals surface area contributed by atoms with E-state index in [1.54, 1.807) is 47.0 Å². The van der Waals surface area contributed by atoms with Gasteiger partial charge < -0.3 is 115 Å². The molecule has 13 rings (SSSR count). The summed E-state index contributed by atoms with van der Waals surface area (Å²) in [5.74, 6) is 4.29. The van der Waals surface area contributed by atoms with E-state index in [0.29, 0.717) is 122 Å². The molecule has 7 fully saturated rings. The Morgan fingerprint density at radius 1 is 0.375 bits per heavy atom. The van der Waals surface area contributed by atoms with Gasteiger partial charge in [-0.3, -0.25) is 4.79 Å². The molecular formula is C106H158ClN11O18. The number of likely N-dealkylation sites (tertiary alicyclic amines) is 5. The van der Waals surface area contributed by atoms with Crippen molar-refractivity contribution < 1.29 is 86.7 Å². The second-order valence-electron chi connectivity index (χ2n) is 40.1. The number of para-hydroxylation sites is 6. The predicted octanol–water partition coefficient (Wildman–Crippen LogP) is 18.5. The van der Waals surface area contributed by atoms with Crippen LogP contribution in [0.5, 0.6) is 34.5 Å². The molecule has 10 N–H and O–H groups in total. The highest BCUT2D eigenvalue weighted by Crippen LogP contribution is 2.49. The molecule has 0 spiro atoms. The highest BCUT2D eigenvalue weighted by molar-refractivity contribution is 6.62. The summed E-state index contributed by atoms with van der Waals surface area (Å²) in [6, 6.07) is 47.3. The number of aliphatic hydroxyl groups is 3. The number of alkyl carbamates (subject to hydrolysis) is 3. The van der Waals surface area contributed by atoms with Crippen molar-refractivity contribution >= 4 is 47.3 Å². The lowest BCUT2D eigenvalue weighted by molar-refractivity contribution is -0.0590. The first kappa shape index (κ1) is 110. The fourth-order valence-electron chi connectivity index (χ4n) is 18.7. The minimum Gasteiger partial charge on any atom is -0.457 e. The number of aryl methyl sites for hydroxylation is 3. The van der Waals surface area contributed by atoms with Gasteiger partial charge >= 0.3 is 35.7 Å². The predicted molar refractivity (Wildman–Crippen MR) is 532 cm³/mol. The third-order valence-corrected chi connectivity index (χ3v) is 26.0. The van der Waals surface area contributed by atoms with Crippen LogP contribution in [0.4, 0.5) is 28.8 Å². The number of amides is 8. The van der Waals surface area contributed by atoms with Crippen LogP contribution in [0.2, 0.25) is 0 Å². The van der Waals surface area contributed by atoms with E-state index in [1.165, 1.54) is 4.90 Å². The molecule has 0 aliphatic carbocycles. The number of carbonyl (C=O) groups excluding carboxylic acids is 6. The van der Waals surface area contributed by atoms with Crippen LogP contribution in [0.1, 0.15) is 218 Å². The number of halogens is 1. The number of urea groups is 2. The van der Waals surface area contributed by atoms with Crippen LogP contribution >= 0.6 is 11.6 Å². The van der Waals surface area contributed by atoms with Gasteiger partial charge in [-0.1, -0.05) is 109 Å². The van der Waals surface area contributed by atoms with Crippen molar-refractivity contribution in [2.24, 2.45) is 23.5 Å². The molecule has 0 radical (unpaired) electrons. The van der Waals surface area contributed by atoms with Gasteiger partial charge in [-0.2, -0.15) is 0 Å². The lowest BCUT2D eigenvalue weighted by Gasteiger charge is -2.44. The van der Waals surface area contributed by atoms with Crippen molar-refractivity contribution in [1.29, 1.82) is 0 Å². The van der Waals surface area contributed by atoms with Crippen molar-refractivity contribution in [3.63, 3.8) is 0 Å². The number of hydrogen-bond donors (Lipinski definition) is 9. The number of rotatable bonds is 30. The van der Waals surface area contributed by atoms with E-state index in [-0.39, 0.29) is 60.1 Å². The minimum atomic E-state index is -1.20. The van der Waals surface area contributed by atoms with Crippen LogP contribution in [-0.2, 0) is 45.2 Å². The molecule has 0 bridgehead atoms. The average molecular weight is 1910 g/mol. The standard InChI is InChI=1S/C34H49N3O6.C29H41N3O4.C24H33NO3.C10H17ClN2O3.C9H18N2O2/c1-25-13-6-8-16-29(25)42-30-17-9-7-15-28(30)34(40,19-10-11-22-41-5)26-14-12-20-36(23-26)32(39)37-21-18-27(24-37)35-31(38)43-33(2,3)4;1-22-10-3-5-13-26(22)36-27-14-6-4-12-25(27)29(34,16-7-8-19-35-2)23-11-9-17-31(20-23)28(33)32-18-15-24(30)21-32;1-19-10-3-5-13-22(19)28-23-14-6-4-12-21(23)24(26,15-7-8-17-27-2)20-11-9-16-25-18-20;1-10(2,3)16-9(15)12-7-4-5-13(6-7)8(11)14;1-9(2,3)13-8(12)11-7-4-5-10-6-7/h6-9,13,15-17,26-27,40H,10-12,14,18-24H2,1-5H3,(H,35,38);3-6,10,12-14,23-24,34H,7-9,11,15-21,30H2,1-2H3;3-6,10,12-14,20,25-26H,7-9,11,15-18H2,1-2H3;7H,4-6H2,1-3H3,(H,12,15);7,10H,4-6H2,1-3H3,(H,11,12)/t26-,27+,34+;23-,24+,29+;20-,24+;2*7-/m11100/s1. The molecule has 7 aliphatic rings. The zero-order valence-electron chi connectivity index (χ0n) is 83.5. The number of piperidine rings is 3. The van der Waals surface area contributed by atoms with Crippen LogP contribution < -0.4 is 46.5 Å². The number of unbranched alkanes of at least 4 members (excludes halogenated alkanes) is 3. The summed E-state index contributed by atoms with van der Waals surface area (Å²) in [5.41, 5.74) is 6.88. The lowest BCUT2D eigenvalue weighted by atomic mass is 9.73. The number of carbonyl (C=O) groups is 6. The molecule has 7 saturated heterocycles. The van der Waals surface area contributed by atoms with Crippen LogP contribution in [0.15, 0.2) is 146 Å². The molecule has 10 atom stereocenters. The molecule has 136 heavy (non-hydrogen) atoms. The average Bonchev–Trinajstić information content (AvgIpc) is 0.965. The first-order valence-electron chi connectivity index (χ1n) is 49.1. The number of ether oxygens (including phenoxy) is 9. The second kappa shape index (κ2) is 53.6. The molecule has 7 aliphatic heterocycles. The van der Waals surface area contributed by atoms with Gasteiger partial charge in [0.05, 0.1) is 28.9 Å². The minimum absolute atomic E-state index is 0.0406. The van der Waals surface area contributed by atoms with E-state index >= 15 is 0 Å². The summed E-state index contributed by atoms with van der Waals surface area (Å²) < 4.78 is 50.5. The molecular weight excluding hydrogens is 1750 g/mol. The molecule has 0 saturated carbocycles. The smallest absolute Gasteiger partial charge is 0.407 e. The molecule has 7 heterocycles. The normalized spacial score (nSPS) is 20.8. The molecule has 752 valence electrons. The lowest BCUT2D eigenvalue weighted by Crippen LogP contribution is -2.52. The van der Waals surface area contributed by atoms with Crippen molar-refractivity contribution in [2.45, 2.75) is 263 Å². The van der Waals surface area contributed by atoms with Gasteiger partial charge in [-0.15, -0.1) is 0 Å². The number of methoxy groups -OCH3 is 3.